The maximum Gasteiger partial charge on any atom is 0.364 e. The topological polar surface area (TPSA) is 405 Å². The maximum absolute atomic E-state index is 11.5. The van der Waals surface area contributed by atoms with Crippen molar-refractivity contribution in [3.8, 4) is 0 Å². The molecule has 0 aromatic carbocycles. The molecule has 24 nitrogen and oxygen atoms in total. The molecule has 0 unspecified atom stereocenters. The van der Waals surface area contributed by atoms with Crippen LogP contribution in [0.5, 0.6) is 0 Å². The zero-order chi connectivity index (χ0) is 38.1. The molecule has 4 aliphatic heterocycles. The third-order valence-electron chi connectivity index (χ3n) is 9.11. The summed E-state index contributed by atoms with van der Waals surface area (Å²) < 4.78 is 37.9. The van der Waals surface area contributed by atoms with E-state index in [0.717, 1.165) is 0 Å². The molecule has 4 heterocycles. The predicted octanol–water partition coefficient (Wildman–Crippen LogP) is -10.5. The first-order valence-electron chi connectivity index (χ1n) is 15.7. The fourth-order valence-electron chi connectivity index (χ4n) is 6.19. The Morgan fingerprint density at radius 1 is 0.608 bits per heavy atom. The Kier molecular flexibility index (Phi) is 14.4. The van der Waals surface area contributed by atoms with Gasteiger partial charge in [-0.1, -0.05) is 0 Å². The maximum atomic E-state index is 11.5. The Morgan fingerprint density at radius 2 is 1.06 bits per heavy atom. The molecule has 51 heavy (non-hydrogen) atoms. The Morgan fingerprint density at radius 3 is 1.59 bits per heavy atom. The van der Waals surface area contributed by atoms with Gasteiger partial charge in [0.2, 0.25) is 0 Å². The third-order valence-corrected chi connectivity index (χ3v) is 9.11. The lowest BCUT2D eigenvalue weighted by molar-refractivity contribution is -0.392. The van der Waals surface area contributed by atoms with E-state index in [2.05, 4.69) is 0 Å². The quantitative estimate of drug-likeness (QED) is 0.0829. The van der Waals surface area contributed by atoms with Crippen molar-refractivity contribution in [1.29, 1.82) is 0 Å². The van der Waals surface area contributed by atoms with Crippen molar-refractivity contribution in [3.05, 3.63) is 0 Å². The number of aliphatic carboxylic acids is 1. The number of carbonyl (C=O) groups is 1. The molecule has 0 aliphatic carbocycles. The van der Waals surface area contributed by atoms with Crippen molar-refractivity contribution >= 4 is 5.97 Å². The molecule has 0 aromatic rings. The van der Waals surface area contributed by atoms with Gasteiger partial charge in [0.1, 0.15) is 97.7 Å². The molecule has 0 spiro atoms. The summed E-state index contributed by atoms with van der Waals surface area (Å²) in [6.07, 6.45) is -39.6. The van der Waals surface area contributed by atoms with E-state index >= 15 is 0 Å². The van der Waals surface area contributed by atoms with E-state index < -0.39 is 167 Å². The lowest BCUT2D eigenvalue weighted by atomic mass is 9.91. The van der Waals surface area contributed by atoms with Crippen molar-refractivity contribution in [3.63, 3.8) is 0 Å². The number of rotatable bonds is 13. The summed E-state index contributed by atoms with van der Waals surface area (Å²) in [6, 6.07) is 0. The molecule has 0 bridgehead atoms. The smallest absolute Gasteiger partial charge is 0.364 e. The van der Waals surface area contributed by atoms with Crippen molar-refractivity contribution in [2.45, 2.75) is 135 Å². The van der Waals surface area contributed by atoms with Crippen LogP contribution in [0.3, 0.4) is 0 Å². The van der Waals surface area contributed by atoms with E-state index in [-0.39, 0.29) is 0 Å². The molecule has 0 aromatic heterocycles. The van der Waals surface area contributed by atoms with Crippen LogP contribution in [0, 0.1) is 0 Å². The Balaban J connectivity index is 1.51. The van der Waals surface area contributed by atoms with E-state index in [1.54, 1.807) is 0 Å². The number of ether oxygens (including phenoxy) is 7. The summed E-state index contributed by atoms with van der Waals surface area (Å²) in [7, 11) is 0. The van der Waals surface area contributed by atoms with Crippen molar-refractivity contribution in [2.75, 3.05) is 26.4 Å². The first-order chi connectivity index (χ1) is 23.9. The fourth-order valence-corrected chi connectivity index (χ4v) is 6.19. The van der Waals surface area contributed by atoms with Crippen molar-refractivity contribution < 1.29 is 120 Å². The summed E-state index contributed by atoms with van der Waals surface area (Å²) in [5.41, 5.74) is 0. The molecular formula is C27H46O24. The number of aliphatic hydroxyl groups excluding tert-OH is 14. The minimum atomic E-state index is -3.04. The van der Waals surface area contributed by atoms with Gasteiger partial charge in [-0.3, -0.25) is 0 Å². The number of hydrogen-bond acceptors (Lipinski definition) is 23. The molecule has 4 saturated heterocycles. The highest BCUT2D eigenvalue weighted by molar-refractivity contribution is 5.75. The molecular weight excluding hydrogens is 708 g/mol. The highest BCUT2D eigenvalue weighted by Gasteiger charge is 2.58. The SMILES string of the molecule is O=C(O)[C@@]1(O)C[C@@H](O)[C@@H](O[C@H]2O[C@H]([C@@H](O)CO)[C@@H](O[C@@H]3O[C@H](CO)[C@@H](O[C@@H]4O[C@H](CO)[C@H](O)[C@H](O)[C@H]4O)[C@H](O)[C@H]3O)[C@H](O)[C@@H]2O)[C@@H]([C@H](O)CO)O1. The second-order valence-corrected chi connectivity index (χ2v) is 12.6. The molecule has 16 N–H and O–H groups in total. The Labute approximate surface area is 287 Å². The summed E-state index contributed by atoms with van der Waals surface area (Å²) in [5, 5.41) is 164. The van der Waals surface area contributed by atoms with Gasteiger partial charge in [-0.25, -0.2) is 4.79 Å². The highest BCUT2D eigenvalue weighted by Crippen LogP contribution is 2.36. The molecule has 4 fully saturated rings. The van der Waals surface area contributed by atoms with Crippen LogP contribution in [0.25, 0.3) is 0 Å². The minimum absolute atomic E-state index is 0.824. The zero-order valence-corrected chi connectivity index (χ0v) is 26.5. The lowest BCUT2D eigenvalue weighted by Crippen LogP contribution is -2.68. The largest absolute Gasteiger partial charge is 0.477 e. The molecule has 0 saturated carbocycles. The van der Waals surface area contributed by atoms with E-state index in [1.165, 1.54) is 0 Å². The van der Waals surface area contributed by atoms with E-state index in [4.69, 9.17) is 33.2 Å². The van der Waals surface area contributed by atoms with Gasteiger partial charge < -0.3 is 115 Å². The Bertz CT molecular complexity index is 1120. The third kappa shape index (κ3) is 8.62. The van der Waals surface area contributed by atoms with Gasteiger partial charge in [-0.2, -0.15) is 0 Å². The van der Waals surface area contributed by atoms with Gasteiger partial charge in [-0.05, 0) is 0 Å². The normalized spacial score (nSPS) is 49.3. The number of carboxylic acids is 1. The van der Waals surface area contributed by atoms with Crippen LogP contribution < -0.4 is 0 Å². The van der Waals surface area contributed by atoms with Crippen LogP contribution in [-0.2, 0) is 38.0 Å². The van der Waals surface area contributed by atoms with E-state index in [1.807, 2.05) is 0 Å². The molecule has 21 atom stereocenters. The number of carboxylic acid groups (broad SMARTS) is 1. The first-order valence-corrected chi connectivity index (χ1v) is 15.7. The second-order valence-electron chi connectivity index (χ2n) is 12.6. The average Bonchev–Trinajstić information content (AvgIpc) is 3.10. The molecule has 4 aliphatic rings. The standard InChI is InChI=1S/C27H46O24/c28-2-7(33)19-22(14(38)17(41)25(48-19)47-18-6(32)1-27(44,26(42)43)51-20(18)8(34)3-29)50-24-16(40)13(37)21(10(5-31)46-24)49-23-15(39)12(36)11(35)9(4-30)45-23/h6-25,28-41,44H,1-5H2,(H,42,43)/t6-,7+,8-,9-,10-,11+,12+,13-,14-,15-,16-,17+,18-,19-,20-,21-,22+,23+,24+,25+,27-/m1/s1. The summed E-state index contributed by atoms with van der Waals surface area (Å²) in [6.45, 7) is -3.97. The van der Waals surface area contributed by atoms with Gasteiger partial charge in [0.15, 0.2) is 18.9 Å². The van der Waals surface area contributed by atoms with Crippen molar-refractivity contribution in [1.82, 2.24) is 0 Å². The van der Waals surface area contributed by atoms with Crippen LogP contribution in [0.15, 0.2) is 0 Å². The van der Waals surface area contributed by atoms with E-state index in [0.29, 0.717) is 0 Å². The monoisotopic (exact) mass is 754 g/mol. The highest BCUT2D eigenvalue weighted by atomic mass is 16.8. The van der Waals surface area contributed by atoms with Crippen molar-refractivity contribution in [2.24, 2.45) is 0 Å². The summed E-state index contributed by atoms with van der Waals surface area (Å²) in [5.74, 6) is -5.00. The minimum Gasteiger partial charge on any atom is -0.477 e. The predicted molar refractivity (Wildman–Crippen MR) is 151 cm³/mol. The van der Waals surface area contributed by atoms with Crippen LogP contribution >= 0.6 is 0 Å². The van der Waals surface area contributed by atoms with E-state index in [9.17, 15) is 86.5 Å². The lowest BCUT2D eigenvalue weighted by Gasteiger charge is -2.50. The number of aliphatic hydroxyl groups is 15. The van der Waals surface area contributed by atoms with Gasteiger partial charge in [-0.15, -0.1) is 0 Å². The van der Waals surface area contributed by atoms with Crippen LogP contribution in [0.2, 0.25) is 0 Å². The van der Waals surface area contributed by atoms with Crippen LogP contribution in [-0.4, -0.2) is 243 Å². The summed E-state index contributed by atoms with van der Waals surface area (Å²) >= 11 is 0. The van der Waals surface area contributed by atoms with Crippen LogP contribution in [0.4, 0.5) is 0 Å². The zero-order valence-electron chi connectivity index (χ0n) is 26.5. The second kappa shape index (κ2) is 17.4. The van der Waals surface area contributed by atoms with Gasteiger partial charge in [0, 0.05) is 6.42 Å². The molecule has 298 valence electrons. The van der Waals surface area contributed by atoms with Gasteiger partial charge >= 0.3 is 5.97 Å². The molecule has 4 rings (SSSR count). The molecule has 0 radical (unpaired) electrons. The molecule has 24 heteroatoms. The first kappa shape index (κ1) is 42.3. The number of hydrogen-bond donors (Lipinski definition) is 16. The Hall–Kier alpha value is -1.41. The van der Waals surface area contributed by atoms with Crippen LogP contribution in [0.1, 0.15) is 6.42 Å². The van der Waals surface area contributed by atoms with Gasteiger partial charge in [0.05, 0.1) is 32.5 Å². The molecule has 0 amide bonds. The fraction of sp³-hybridized carbons (Fsp3) is 0.963. The summed E-state index contributed by atoms with van der Waals surface area (Å²) in [4.78, 5) is 11.5. The average molecular weight is 755 g/mol. The van der Waals surface area contributed by atoms with Gasteiger partial charge in [0.25, 0.3) is 5.79 Å².